The predicted molar refractivity (Wildman–Crippen MR) is 70.6 cm³/mol. The Bertz CT molecular complexity index is 508. The normalized spacial score (nSPS) is 17.6. The average Bonchev–Trinajstić information content (AvgIpc) is 2.87. The van der Waals surface area contributed by atoms with Crippen LogP contribution in [-0.4, -0.2) is 59.8 Å². The Morgan fingerprint density at radius 2 is 2.11 bits per heavy atom. The Morgan fingerprint density at radius 1 is 1.42 bits per heavy atom. The second-order valence-electron chi connectivity index (χ2n) is 4.54. The van der Waals surface area contributed by atoms with Gasteiger partial charge < -0.3 is 14.1 Å². The zero-order valence-corrected chi connectivity index (χ0v) is 11.7. The van der Waals surface area contributed by atoms with E-state index in [1.165, 1.54) is 12.3 Å². The highest BCUT2D eigenvalue weighted by atomic mass is 32.2. The number of nitrogens with zero attached hydrogens (tertiary/aromatic N) is 2. The monoisotopic (exact) mass is 289 g/mol. The maximum Gasteiger partial charge on any atom is 0.271 e. The zero-order valence-electron chi connectivity index (χ0n) is 10.9. The van der Waals surface area contributed by atoms with Crippen LogP contribution in [-0.2, 0) is 14.8 Å². The van der Waals surface area contributed by atoms with E-state index in [0.29, 0.717) is 5.69 Å². The van der Waals surface area contributed by atoms with Gasteiger partial charge in [0, 0.05) is 39.3 Å². The summed E-state index contributed by atoms with van der Waals surface area (Å²) in [4.78, 5) is 4.24. The van der Waals surface area contributed by atoms with E-state index in [1.54, 1.807) is 0 Å². The summed E-state index contributed by atoms with van der Waals surface area (Å²) in [6.45, 7) is 5.08. The molecule has 0 bridgehead atoms. The summed E-state index contributed by atoms with van der Waals surface area (Å²) < 4.78 is 32.5. The second-order valence-corrected chi connectivity index (χ2v) is 6.04. The summed E-state index contributed by atoms with van der Waals surface area (Å²) in [5.74, 6) is 0. The Morgan fingerprint density at radius 3 is 2.68 bits per heavy atom. The Labute approximate surface area is 113 Å². The fraction of sp³-hybridized carbons (Fsp3) is 0.636. The van der Waals surface area contributed by atoms with Crippen molar-refractivity contribution in [3.8, 4) is 0 Å². The minimum atomic E-state index is -3.77. The third-order valence-electron chi connectivity index (χ3n) is 3.14. The average molecular weight is 289 g/mol. The number of furan rings is 1. The van der Waals surface area contributed by atoms with Crippen LogP contribution >= 0.6 is 0 Å². The molecule has 0 unspecified atom stereocenters. The summed E-state index contributed by atoms with van der Waals surface area (Å²) in [6.07, 6.45) is 1.40. The molecular formula is C11H19N3O4S. The third kappa shape index (κ3) is 3.93. The molecule has 19 heavy (non-hydrogen) atoms. The molecule has 8 heteroatoms. The maximum absolute atomic E-state index is 11.1. The first-order valence-corrected chi connectivity index (χ1v) is 7.64. The van der Waals surface area contributed by atoms with Crippen LogP contribution in [0.5, 0.6) is 0 Å². The van der Waals surface area contributed by atoms with E-state index in [1.807, 2.05) is 11.9 Å². The molecule has 1 aliphatic heterocycles. The molecule has 7 nitrogen and oxygen atoms in total. The molecule has 1 aliphatic rings. The molecule has 0 radical (unpaired) electrons. The van der Waals surface area contributed by atoms with Gasteiger partial charge in [-0.05, 0) is 0 Å². The van der Waals surface area contributed by atoms with Crippen LogP contribution in [0.25, 0.3) is 0 Å². The molecule has 2 heterocycles. The molecular weight excluding hydrogens is 270 g/mol. The van der Waals surface area contributed by atoms with Gasteiger partial charge in [-0.2, -0.15) is 0 Å². The molecule has 2 N–H and O–H groups in total. The predicted octanol–water partition coefficient (Wildman–Crippen LogP) is -0.305. The fourth-order valence-electron chi connectivity index (χ4n) is 1.90. The van der Waals surface area contributed by atoms with Gasteiger partial charge in [0.2, 0.25) is 5.09 Å². The van der Waals surface area contributed by atoms with E-state index in [4.69, 9.17) is 14.3 Å². The van der Waals surface area contributed by atoms with Crippen LogP contribution in [0.3, 0.4) is 0 Å². The van der Waals surface area contributed by atoms with Crippen molar-refractivity contribution in [2.24, 2.45) is 5.14 Å². The van der Waals surface area contributed by atoms with E-state index in [2.05, 4.69) is 4.90 Å². The third-order valence-corrected chi connectivity index (χ3v) is 3.91. The van der Waals surface area contributed by atoms with Crippen molar-refractivity contribution >= 4 is 15.7 Å². The summed E-state index contributed by atoms with van der Waals surface area (Å²) in [6, 6.07) is 1.44. The fourth-order valence-corrected chi connectivity index (χ4v) is 2.37. The van der Waals surface area contributed by atoms with Crippen molar-refractivity contribution in [3.63, 3.8) is 0 Å². The molecule has 2 rings (SSSR count). The molecule has 1 aromatic heterocycles. The standard InChI is InChI=1S/C11H19N3O4S/c1-13(2-3-14-4-6-17-7-5-14)10-8-11(18-9-10)19(12,15)16/h8-9H,2-7H2,1H3,(H2,12,15,16). The van der Waals surface area contributed by atoms with Gasteiger partial charge in [-0.25, -0.2) is 13.6 Å². The number of sulfonamides is 1. The number of nitrogens with two attached hydrogens (primary N) is 1. The Hall–Kier alpha value is -1.09. The van der Waals surface area contributed by atoms with Crippen LogP contribution in [0, 0.1) is 0 Å². The summed E-state index contributed by atoms with van der Waals surface area (Å²) in [5.41, 5.74) is 0.706. The first-order chi connectivity index (χ1) is 8.97. The minimum absolute atomic E-state index is 0.208. The lowest BCUT2D eigenvalue weighted by molar-refractivity contribution is 0.0393. The summed E-state index contributed by atoms with van der Waals surface area (Å²) in [5, 5.41) is 4.79. The largest absolute Gasteiger partial charge is 0.449 e. The van der Waals surface area contributed by atoms with Gasteiger partial charge in [-0.15, -0.1) is 0 Å². The lowest BCUT2D eigenvalue weighted by Gasteiger charge is -2.28. The molecule has 1 aromatic rings. The van der Waals surface area contributed by atoms with Gasteiger partial charge in [0.05, 0.1) is 18.9 Å². The molecule has 0 spiro atoms. The minimum Gasteiger partial charge on any atom is -0.449 e. The maximum atomic E-state index is 11.1. The zero-order chi connectivity index (χ0) is 13.9. The molecule has 0 atom stereocenters. The van der Waals surface area contributed by atoms with Crippen molar-refractivity contribution in [2.75, 3.05) is 51.3 Å². The highest BCUT2D eigenvalue weighted by Crippen LogP contribution is 2.19. The first-order valence-electron chi connectivity index (χ1n) is 6.09. The van der Waals surface area contributed by atoms with E-state index < -0.39 is 10.0 Å². The first kappa shape index (κ1) is 14.3. The van der Waals surface area contributed by atoms with E-state index in [9.17, 15) is 8.42 Å². The molecule has 108 valence electrons. The van der Waals surface area contributed by atoms with Gasteiger partial charge in [-0.1, -0.05) is 0 Å². The Kier molecular flexibility index (Phi) is 4.46. The van der Waals surface area contributed by atoms with Crippen LogP contribution < -0.4 is 10.0 Å². The number of hydrogen-bond donors (Lipinski definition) is 1. The molecule has 1 saturated heterocycles. The van der Waals surface area contributed by atoms with Crippen molar-refractivity contribution in [1.82, 2.24) is 4.90 Å². The Balaban J connectivity index is 1.89. The summed E-state index contributed by atoms with van der Waals surface area (Å²) in [7, 11) is -1.88. The molecule has 0 amide bonds. The highest BCUT2D eigenvalue weighted by Gasteiger charge is 2.16. The number of ether oxygens (including phenoxy) is 1. The summed E-state index contributed by atoms with van der Waals surface area (Å²) >= 11 is 0. The van der Waals surface area contributed by atoms with Crippen molar-refractivity contribution in [2.45, 2.75) is 5.09 Å². The second kappa shape index (κ2) is 5.91. The van der Waals surface area contributed by atoms with Gasteiger partial charge in [-0.3, -0.25) is 4.90 Å². The van der Waals surface area contributed by atoms with Gasteiger partial charge in [0.1, 0.15) is 6.26 Å². The van der Waals surface area contributed by atoms with Gasteiger partial charge in [0.25, 0.3) is 10.0 Å². The van der Waals surface area contributed by atoms with Crippen LogP contribution in [0.1, 0.15) is 0 Å². The quantitative estimate of drug-likeness (QED) is 0.800. The number of likely N-dealkylation sites (N-methyl/N-ethyl adjacent to an activating group) is 1. The lowest BCUT2D eigenvalue weighted by Crippen LogP contribution is -2.40. The van der Waals surface area contributed by atoms with Gasteiger partial charge >= 0.3 is 0 Å². The van der Waals surface area contributed by atoms with Crippen LogP contribution in [0.2, 0.25) is 0 Å². The molecule has 0 aromatic carbocycles. The number of rotatable bonds is 5. The van der Waals surface area contributed by atoms with E-state index in [-0.39, 0.29) is 5.09 Å². The molecule has 0 aliphatic carbocycles. The number of hydrogen-bond acceptors (Lipinski definition) is 6. The number of anilines is 1. The van der Waals surface area contributed by atoms with E-state index in [0.717, 1.165) is 39.4 Å². The SMILES string of the molecule is CN(CCN1CCOCC1)c1coc(S(N)(=O)=O)c1. The van der Waals surface area contributed by atoms with E-state index >= 15 is 0 Å². The highest BCUT2D eigenvalue weighted by molar-refractivity contribution is 7.89. The molecule has 0 saturated carbocycles. The smallest absolute Gasteiger partial charge is 0.271 e. The molecule has 1 fully saturated rings. The number of primary sulfonamides is 1. The number of morpholine rings is 1. The van der Waals surface area contributed by atoms with Gasteiger partial charge in [0.15, 0.2) is 0 Å². The van der Waals surface area contributed by atoms with Crippen LogP contribution in [0.4, 0.5) is 5.69 Å². The topological polar surface area (TPSA) is 89.0 Å². The van der Waals surface area contributed by atoms with Crippen molar-refractivity contribution in [1.29, 1.82) is 0 Å². The van der Waals surface area contributed by atoms with Crippen molar-refractivity contribution < 1.29 is 17.6 Å². The lowest BCUT2D eigenvalue weighted by atomic mass is 10.4. The van der Waals surface area contributed by atoms with Crippen LogP contribution in [0.15, 0.2) is 21.8 Å². The van der Waals surface area contributed by atoms with Crippen molar-refractivity contribution in [3.05, 3.63) is 12.3 Å².